The molecule has 2 amide bonds. The summed E-state index contributed by atoms with van der Waals surface area (Å²) in [4.78, 5) is 28.4. The largest absolute Gasteiger partial charge is 0.354 e. The number of amides is 2. The van der Waals surface area contributed by atoms with Gasteiger partial charge in [-0.3, -0.25) is 9.59 Å². The van der Waals surface area contributed by atoms with Crippen LogP contribution in [0, 0.1) is 6.92 Å². The van der Waals surface area contributed by atoms with Crippen LogP contribution in [0.1, 0.15) is 35.3 Å². The van der Waals surface area contributed by atoms with E-state index in [4.69, 9.17) is 0 Å². The molecule has 1 aliphatic heterocycles. The maximum Gasteiger partial charge on any atom is 0.272 e. The van der Waals surface area contributed by atoms with Crippen molar-refractivity contribution >= 4 is 17.5 Å². The van der Waals surface area contributed by atoms with Crippen LogP contribution in [0.4, 0.5) is 0 Å². The van der Waals surface area contributed by atoms with Crippen LogP contribution in [-0.4, -0.2) is 33.8 Å². The fraction of sp³-hybridized carbons (Fsp3) is 0.400. The van der Waals surface area contributed by atoms with Crippen LogP contribution in [0.15, 0.2) is 24.5 Å². The summed E-state index contributed by atoms with van der Waals surface area (Å²) in [6.07, 6.45) is 6.09. The first-order valence-corrected chi connectivity index (χ1v) is 7.17. The molecule has 0 bridgehead atoms. The number of carbonyl (C=O) groups excluding carboxylic acids is 2. The van der Waals surface area contributed by atoms with Crippen molar-refractivity contribution in [3.8, 4) is 0 Å². The van der Waals surface area contributed by atoms with E-state index >= 15 is 0 Å². The van der Waals surface area contributed by atoms with Crippen molar-refractivity contribution in [3.63, 3.8) is 0 Å². The second-order valence-electron chi connectivity index (χ2n) is 5.41. The van der Waals surface area contributed by atoms with Crippen LogP contribution in [0.2, 0.25) is 0 Å². The molecule has 1 aliphatic rings. The smallest absolute Gasteiger partial charge is 0.272 e. The van der Waals surface area contributed by atoms with Gasteiger partial charge in [-0.25, -0.2) is 4.98 Å². The Morgan fingerprint density at radius 1 is 1.48 bits per heavy atom. The van der Waals surface area contributed by atoms with Gasteiger partial charge in [-0.15, -0.1) is 0 Å². The molecule has 3 heterocycles. The van der Waals surface area contributed by atoms with Crippen molar-refractivity contribution in [2.24, 2.45) is 0 Å². The minimum absolute atomic E-state index is 0.111. The van der Waals surface area contributed by atoms with Crippen molar-refractivity contribution in [1.29, 1.82) is 0 Å². The molecule has 110 valence electrons. The number of imidazole rings is 1. The third kappa shape index (κ3) is 2.89. The molecule has 1 atom stereocenters. The van der Waals surface area contributed by atoms with Gasteiger partial charge < -0.3 is 15.0 Å². The summed E-state index contributed by atoms with van der Waals surface area (Å²) in [7, 11) is 0. The molecule has 3 rings (SSSR count). The zero-order chi connectivity index (χ0) is 14.8. The minimum Gasteiger partial charge on any atom is -0.354 e. The number of hydrogen-bond acceptors (Lipinski definition) is 3. The van der Waals surface area contributed by atoms with Crippen molar-refractivity contribution < 1.29 is 9.59 Å². The Hall–Kier alpha value is -2.37. The molecular weight excluding hydrogens is 268 g/mol. The first-order valence-electron chi connectivity index (χ1n) is 7.17. The molecule has 2 N–H and O–H groups in total. The number of nitrogens with one attached hydrogen (secondary N) is 2. The predicted molar refractivity (Wildman–Crippen MR) is 78.0 cm³/mol. The Balaban J connectivity index is 1.78. The first kappa shape index (κ1) is 13.6. The maximum absolute atomic E-state index is 12.3. The summed E-state index contributed by atoms with van der Waals surface area (Å²) >= 11 is 0. The van der Waals surface area contributed by atoms with Gasteiger partial charge in [0.05, 0.1) is 0 Å². The second kappa shape index (κ2) is 5.55. The molecule has 2 aromatic rings. The molecule has 6 nitrogen and oxygen atoms in total. The lowest BCUT2D eigenvalue weighted by Gasteiger charge is -2.13. The molecular formula is C15H18N4O2. The molecule has 0 spiro atoms. The van der Waals surface area contributed by atoms with E-state index in [9.17, 15) is 9.59 Å². The van der Waals surface area contributed by atoms with Gasteiger partial charge in [-0.05, 0) is 43.9 Å². The van der Waals surface area contributed by atoms with Crippen molar-refractivity contribution in [1.82, 2.24) is 20.0 Å². The van der Waals surface area contributed by atoms with Gasteiger partial charge in [-0.1, -0.05) is 0 Å². The Morgan fingerprint density at radius 3 is 3.19 bits per heavy atom. The molecule has 2 aromatic heterocycles. The van der Waals surface area contributed by atoms with E-state index < -0.39 is 6.04 Å². The summed E-state index contributed by atoms with van der Waals surface area (Å²) < 4.78 is 1.80. The lowest BCUT2D eigenvalue weighted by Crippen LogP contribution is -2.45. The van der Waals surface area contributed by atoms with Crippen molar-refractivity contribution in [2.75, 3.05) is 6.54 Å². The van der Waals surface area contributed by atoms with Gasteiger partial charge >= 0.3 is 0 Å². The van der Waals surface area contributed by atoms with Gasteiger partial charge in [0, 0.05) is 18.9 Å². The van der Waals surface area contributed by atoms with Crippen molar-refractivity contribution in [3.05, 3.63) is 35.8 Å². The van der Waals surface area contributed by atoms with Gasteiger partial charge in [-0.2, -0.15) is 0 Å². The maximum atomic E-state index is 12.3. The molecule has 6 heteroatoms. The first-order chi connectivity index (χ1) is 10.1. The topological polar surface area (TPSA) is 75.5 Å². The summed E-state index contributed by atoms with van der Waals surface area (Å²) in [5.41, 5.74) is 2.14. The van der Waals surface area contributed by atoms with Gasteiger partial charge in [0.2, 0.25) is 5.91 Å². The molecule has 0 saturated carbocycles. The molecule has 0 radical (unpaired) electrons. The Kier molecular flexibility index (Phi) is 3.60. The molecule has 0 aromatic carbocycles. The average molecular weight is 286 g/mol. The van der Waals surface area contributed by atoms with Crippen molar-refractivity contribution in [2.45, 2.75) is 32.2 Å². The number of pyridine rings is 1. The minimum atomic E-state index is -0.466. The van der Waals surface area contributed by atoms with Crippen LogP contribution < -0.4 is 10.6 Å². The molecule has 1 fully saturated rings. The van der Waals surface area contributed by atoms with E-state index in [0.29, 0.717) is 18.7 Å². The third-order valence-corrected chi connectivity index (χ3v) is 3.69. The lowest BCUT2D eigenvalue weighted by molar-refractivity contribution is -0.122. The summed E-state index contributed by atoms with van der Waals surface area (Å²) in [6.45, 7) is 2.66. The average Bonchev–Trinajstić information content (AvgIpc) is 2.78. The van der Waals surface area contributed by atoms with Crippen LogP contribution in [-0.2, 0) is 4.79 Å². The predicted octanol–water partition coefficient (Wildman–Crippen LogP) is 1.04. The number of aromatic nitrogens is 2. The highest BCUT2D eigenvalue weighted by atomic mass is 16.2. The van der Waals surface area contributed by atoms with Crippen LogP contribution >= 0.6 is 0 Å². The van der Waals surface area contributed by atoms with E-state index in [2.05, 4.69) is 15.6 Å². The molecule has 1 saturated heterocycles. The van der Waals surface area contributed by atoms with Crippen LogP contribution in [0.3, 0.4) is 0 Å². The normalized spacial score (nSPS) is 19.1. The zero-order valence-electron chi connectivity index (χ0n) is 11.9. The number of aryl methyl sites for hydroxylation is 1. The number of carbonyl (C=O) groups is 2. The molecule has 21 heavy (non-hydrogen) atoms. The highest BCUT2D eigenvalue weighted by Crippen LogP contribution is 2.10. The highest BCUT2D eigenvalue weighted by Gasteiger charge is 2.23. The zero-order valence-corrected chi connectivity index (χ0v) is 11.9. The monoisotopic (exact) mass is 286 g/mol. The van der Waals surface area contributed by atoms with E-state index in [1.54, 1.807) is 10.6 Å². The fourth-order valence-corrected chi connectivity index (χ4v) is 2.50. The van der Waals surface area contributed by atoms with E-state index in [-0.39, 0.29) is 11.8 Å². The molecule has 0 unspecified atom stereocenters. The second-order valence-corrected chi connectivity index (χ2v) is 5.41. The summed E-state index contributed by atoms with van der Waals surface area (Å²) in [6, 6.07) is 3.40. The number of fused-ring (bicyclic) bond motifs is 1. The summed E-state index contributed by atoms with van der Waals surface area (Å²) in [5.74, 6) is -0.418. The number of nitrogens with zero attached hydrogens (tertiary/aromatic N) is 2. The standard InChI is InChI=1S/C15H18N4O2/c1-10-5-7-19-9-12(17-13(19)8-10)15(21)18-11-4-2-3-6-16-14(11)20/h5,7-9,11H,2-4,6H2,1H3,(H,16,20)(H,18,21)/t11-/m1/s1. The van der Waals surface area contributed by atoms with Gasteiger partial charge in [0.1, 0.15) is 17.4 Å². The van der Waals surface area contributed by atoms with Gasteiger partial charge in [0.25, 0.3) is 5.91 Å². The SMILES string of the molecule is Cc1ccn2cc(C(=O)N[C@@H]3CCCCNC3=O)nc2c1. The van der Waals surface area contributed by atoms with E-state index in [0.717, 1.165) is 24.1 Å². The van der Waals surface area contributed by atoms with Crippen LogP contribution in [0.25, 0.3) is 5.65 Å². The quantitative estimate of drug-likeness (QED) is 0.866. The molecule has 0 aliphatic carbocycles. The number of hydrogen-bond donors (Lipinski definition) is 2. The summed E-state index contributed by atoms with van der Waals surface area (Å²) in [5, 5.41) is 5.58. The number of rotatable bonds is 2. The Morgan fingerprint density at radius 2 is 2.33 bits per heavy atom. The van der Waals surface area contributed by atoms with Gasteiger partial charge in [0.15, 0.2) is 0 Å². The van der Waals surface area contributed by atoms with Crippen LogP contribution in [0.5, 0.6) is 0 Å². The third-order valence-electron chi connectivity index (χ3n) is 3.69. The lowest BCUT2D eigenvalue weighted by atomic mass is 10.1. The fourth-order valence-electron chi connectivity index (χ4n) is 2.50. The Labute approximate surface area is 122 Å². The Bertz CT molecular complexity index is 692. The van der Waals surface area contributed by atoms with E-state index in [1.165, 1.54) is 0 Å². The van der Waals surface area contributed by atoms with E-state index in [1.807, 2.05) is 25.3 Å². The highest BCUT2D eigenvalue weighted by molar-refractivity contribution is 5.96.